The molecule has 0 aliphatic carbocycles. The number of hydrazine groups is 1. The lowest BCUT2D eigenvalue weighted by Crippen LogP contribution is -2.32. The first-order valence-electron chi connectivity index (χ1n) is 6.50. The zero-order valence-corrected chi connectivity index (χ0v) is 12.5. The molecule has 0 spiro atoms. The van der Waals surface area contributed by atoms with Crippen LogP contribution in [-0.2, 0) is 6.54 Å². The summed E-state index contributed by atoms with van der Waals surface area (Å²) in [6.45, 7) is 1.65. The summed E-state index contributed by atoms with van der Waals surface area (Å²) in [6.07, 6.45) is 1.67. The Balaban J connectivity index is 2.32. The normalized spacial score (nSPS) is 12.8. The predicted octanol–water partition coefficient (Wildman–Crippen LogP) is 1.65. The molecule has 108 valence electrons. The Kier molecular flexibility index (Phi) is 5.14. The Bertz CT molecular complexity index is 538. The van der Waals surface area contributed by atoms with Crippen molar-refractivity contribution in [1.29, 1.82) is 0 Å². The molecule has 2 aromatic rings. The molecule has 0 fully saturated rings. The van der Waals surface area contributed by atoms with Crippen molar-refractivity contribution in [2.45, 2.75) is 12.6 Å². The Morgan fingerprint density at radius 2 is 2.05 bits per heavy atom. The van der Waals surface area contributed by atoms with Crippen LogP contribution < -0.4 is 11.3 Å². The molecule has 5 nitrogen and oxygen atoms in total. The van der Waals surface area contributed by atoms with Crippen LogP contribution in [0.4, 0.5) is 0 Å². The number of halogens is 1. The van der Waals surface area contributed by atoms with Crippen LogP contribution in [0.15, 0.2) is 36.5 Å². The lowest BCUT2D eigenvalue weighted by molar-refractivity contribution is 0.365. The molecule has 0 aliphatic heterocycles. The summed E-state index contributed by atoms with van der Waals surface area (Å²) in [4.78, 5) is 2.10. The number of nitrogens with zero attached hydrogens (tertiary/aromatic N) is 3. The maximum absolute atomic E-state index is 6.29. The van der Waals surface area contributed by atoms with E-state index in [0.717, 1.165) is 24.3 Å². The molecular weight excluding hydrogens is 274 g/mol. The molecule has 0 radical (unpaired) electrons. The summed E-state index contributed by atoms with van der Waals surface area (Å²) in [5.74, 6) is 5.73. The molecule has 20 heavy (non-hydrogen) atoms. The molecule has 3 N–H and O–H groups in total. The van der Waals surface area contributed by atoms with E-state index in [0.29, 0.717) is 5.02 Å². The zero-order valence-electron chi connectivity index (χ0n) is 11.8. The van der Waals surface area contributed by atoms with E-state index in [2.05, 4.69) is 15.4 Å². The van der Waals surface area contributed by atoms with Gasteiger partial charge in [-0.25, -0.2) is 5.43 Å². The summed E-state index contributed by atoms with van der Waals surface area (Å²) in [7, 11) is 4.06. The van der Waals surface area contributed by atoms with Gasteiger partial charge < -0.3 is 4.90 Å². The summed E-state index contributed by atoms with van der Waals surface area (Å²) < 4.78 is 1.90. The smallest absolute Gasteiger partial charge is 0.0893 e. The van der Waals surface area contributed by atoms with Gasteiger partial charge in [0.15, 0.2) is 0 Å². The molecule has 1 atom stereocenters. The fraction of sp³-hybridized carbons (Fsp3) is 0.357. The zero-order chi connectivity index (χ0) is 14.5. The summed E-state index contributed by atoms with van der Waals surface area (Å²) in [5, 5.41) is 4.97. The van der Waals surface area contributed by atoms with Gasteiger partial charge in [0, 0.05) is 6.54 Å². The van der Waals surface area contributed by atoms with Crippen molar-refractivity contribution < 1.29 is 0 Å². The second-order valence-corrected chi connectivity index (χ2v) is 5.32. The highest BCUT2D eigenvalue weighted by molar-refractivity contribution is 6.31. The molecule has 0 aliphatic rings. The monoisotopic (exact) mass is 293 g/mol. The van der Waals surface area contributed by atoms with E-state index in [1.165, 1.54) is 0 Å². The maximum atomic E-state index is 6.29. The van der Waals surface area contributed by atoms with Gasteiger partial charge in [-0.1, -0.05) is 41.9 Å². The number of rotatable bonds is 6. The molecular formula is C14H20ClN5. The fourth-order valence-corrected chi connectivity index (χ4v) is 2.36. The van der Waals surface area contributed by atoms with Crippen LogP contribution in [0, 0.1) is 0 Å². The number of likely N-dealkylation sites (N-methyl/N-ethyl adjacent to an activating group) is 1. The van der Waals surface area contributed by atoms with E-state index in [1.54, 1.807) is 6.20 Å². The second kappa shape index (κ2) is 6.85. The van der Waals surface area contributed by atoms with Crippen LogP contribution in [0.1, 0.15) is 17.3 Å². The van der Waals surface area contributed by atoms with E-state index < -0.39 is 0 Å². The van der Waals surface area contributed by atoms with Crippen LogP contribution >= 0.6 is 11.6 Å². The van der Waals surface area contributed by atoms with Crippen molar-refractivity contribution in [2.24, 2.45) is 5.84 Å². The highest BCUT2D eigenvalue weighted by Crippen LogP contribution is 2.27. The average molecular weight is 294 g/mol. The quantitative estimate of drug-likeness (QED) is 0.628. The third-order valence-electron chi connectivity index (χ3n) is 3.17. The van der Waals surface area contributed by atoms with Gasteiger partial charge in [-0.05, 0) is 19.7 Å². The minimum atomic E-state index is -0.173. The van der Waals surface area contributed by atoms with Crippen molar-refractivity contribution in [2.75, 3.05) is 20.6 Å². The Morgan fingerprint density at radius 3 is 2.65 bits per heavy atom. The molecule has 1 heterocycles. The lowest BCUT2D eigenvalue weighted by Gasteiger charge is -2.20. The number of benzene rings is 1. The first kappa shape index (κ1) is 15.0. The van der Waals surface area contributed by atoms with E-state index in [1.807, 2.05) is 49.1 Å². The average Bonchev–Trinajstić information content (AvgIpc) is 2.80. The molecule has 2 rings (SSSR count). The summed E-state index contributed by atoms with van der Waals surface area (Å²) in [6, 6.07) is 9.80. The van der Waals surface area contributed by atoms with Crippen LogP contribution in [0.25, 0.3) is 0 Å². The van der Waals surface area contributed by atoms with Gasteiger partial charge in [0.1, 0.15) is 0 Å². The number of hydrogen-bond donors (Lipinski definition) is 2. The largest absolute Gasteiger partial charge is 0.308 e. The van der Waals surface area contributed by atoms with Crippen LogP contribution in [-0.4, -0.2) is 35.3 Å². The third kappa shape index (κ3) is 3.37. The molecule has 0 saturated carbocycles. The molecule has 6 heteroatoms. The molecule has 0 bridgehead atoms. The first-order valence-corrected chi connectivity index (χ1v) is 6.88. The molecule has 0 saturated heterocycles. The summed E-state index contributed by atoms with van der Waals surface area (Å²) >= 11 is 6.29. The van der Waals surface area contributed by atoms with E-state index >= 15 is 0 Å². The van der Waals surface area contributed by atoms with Gasteiger partial charge >= 0.3 is 0 Å². The third-order valence-corrected chi connectivity index (χ3v) is 3.46. The van der Waals surface area contributed by atoms with Gasteiger partial charge in [0.2, 0.25) is 0 Å². The Morgan fingerprint density at radius 1 is 1.35 bits per heavy atom. The molecule has 1 unspecified atom stereocenters. The standard InChI is InChI=1S/C14H20ClN5/c1-19(2)8-9-20-14(12(15)10-17-20)13(18-16)11-6-4-3-5-7-11/h3-7,10,13,18H,8-9,16H2,1-2H3. The van der Waals surface area contributed by atoms with Crippen molar-refractivity contribution in [3.8, 4) is 0 Å². The predicted molar refractivity (Wildman–Crippen MR) is 81.4 cm³/mol. The van der Waals surface area contributed by atoms with Crippen LogP contribution in [0.5, 0.6) is 0 Å². The van der Waals surface area contributed by atoms with Gasteiger partial charge in [-0.2, -0.15) is 5.10 Å². The van der Waals surface area contributed by atoms with Crippen LogP contribution in [0.3, 0.4) is 0 Å². The first-order chi connectivity index (χ1) is 9.63. The van der Waals surface area contributed by atoms with Gasteiger partial charge in [0.25, 0.3) is 0 Å². The van der Waals surface area contributed by atoms with Crippen molar-refractivity contribution in [3.05, 3.63) is 52.8 Å². The van der Waals surface area contributed by atoms with Gasteiger partial charge in [0.05, 0.1) is 29.5 Å². The number of nitrogens with two attached hydrogens (primary N) is 1. The number of aromatic nitrogens is 2. The highest BCUT2D eigenvalue weighted by atomic mass is 35.5. The second-order valence-electron chi connectivity index (χ2n) is 4.91. The minimum Gasteiger partial charge on any atom is -0.308 e. The minimum absolute atomic E-state index is 0.173. The molecule has 0 amide bonds. The van der Waals surface area contributed by atoms with Crippen molar-refractivity contribution in [3.63, 3.8) is 0 Å². The van der Waals surface area contributed by atoms with E-state index in [9.17, 15) is 0 Å². The lowest BCUT2D eigenvalue weighted by atomic mass is 10.0. The van der Waals surface area contributed by atoms with Crippen molar-refractivity contribution in [1.82, 2.24) is 20.1 Å². The van der Waals surface area contributed by atoms with Gasteiger partial charge in [-0.3, -0.25) is 10.5 Å². The Hall–Kier alpha value is -1.40. The van der Waals surface area contributed by atoms with E-state index in [4.69, 9.17) is 17.4 Å². The summed E-state index contributed by atoms with van der Waals surface area (Å²) in [5.41, 5.74) is 4.78. The van der Waals surface area contributed by atoms with Crippen LogP contribution in [0.2, 0.25) is 5.02 Å². The molecule has 1 aromatic carbocycles. The number of hydrogen-bond acceptors (Lipinski definition) is 4. The SMILES string of the molecule is CN(C)CCn1ncc(Cl)c1C(NN)c1ccccc1. The fourth-order valence-electron chi connectivity index (χ4n) is 2.11. The van der Waals surface area contributed by atoms with E-state index in [-0.39, 0.29) is 6.04 Å². The topological polar surface area (TPSA) is 59.1 Å². The number of nitrogens with one attached hydrogen (secondary N) is 1. The molecule has 1 aromatic heterocycles. The Labute approximate surface area is 124 Å². The van der Waals surface area contributed by atoms with Crippen molar-refractivity contribution >= 4 is 11.6 Å². The van der Waals surface area contributed by atoms with Gasteiger partial charge in [-0.15, -0.1) is 0 Å². The highest BCUT2D eigenvalue weighted by Gasteiger charge is 2.20. The maximum Gasteiger partial charge on any atom is 0.0893 e.